The van der Waals surface area contributed by atoms with Crippen LogP contribution in [0.15, 0.2) is 18.2 Å². The van der Waals surface area contributed by atoms with E-state index < -0.39 is 5.82 Å². The van der Waals surface area contributed by atoms with Crippen LogP contribution in [0.5, 0.6) is 0 Å². The van der Waals surface area contributed by atoms with Crippen LogP contribution in [0.2, 0.25) is 5.02 Å². The lowest BCUT2D eigenvalue weighted by molar-refractivity contribution is 0.0974. The molecule has 112 valence electrons. The third kappa shape index (κ3) is 3.21. The Morgan fingerprint density at radius 3 is 2.95 bits per heavy atom. The monoisotopic (exact) mass is 308 g/mol. The van der Waals surface area contributed by atoms with Crippen LogP contribution < -0.4 is 5.32 Å². The first-order chi connectivity index (χ1) is 10.1. The highest BCUT2D eigenvalue weighted by Crippen LogP contribution is 2.48. The molecule has 0 unspecified atom stereocenters. The molecular weight excluding hydrogens is 291 g/mol. The maximum absolute atomic E-state index is 13.6. The highest BCUT2D eigenvalue weighted by Gasteiger charge is 2.43. The number of hydrogen-bond donors (Lipinski definition) is 1. The first kappa shape index (κ1) is 14.8. The van der Waals surface area contributed by atoms with Gasteiger partial charge in [0.25, 0.3) is 0 Å². The van der Waals surface area contributed by atoms with Gasteiger partial charge in [-0.1, -0.05) is 17.7 Å². The second kappa shape index (κ2) is 5.92. The summed E-state index contributed by atoms with van der Waals surface area (Å²) >= 11 is 5.73. The Labute approximate surface area is 129 Å². The van der Waals surface area contributed by atoms with Gasteiger partial charge in [-0.25, -0.2) is 4.39 Å². The second-order valence-electron chi connectivity index (χ2n) is 6.08. The summed E-state index contributed by atoms with van der Waals surface area (Å²) in [4.78, 5) is 0. The van der Waals surface area contributed by atoms with Gasteiger partial charge in [0.1, 0.15) is 5.82 Å². The zero-order valence-corrected chi connectivity index (χ0v) is 12.5. The van der Waals surface area contributed by atoms with Crippen molar-refractivity contribution >= 4 is 11.6 Å². The molecule has 3 nitrogen and oxygen atoms in total. The maximum Gasteiger partial charge on any atom is 0.142 e. The van der Waals surface area contributed by atoms with Gasteiger partial charge in [-0.2, -0.15) is 5.26 Å². The van der Waals surface area contributed by atoms with Crippen LogP contribution in [0, 0.1) is 22.6 Å². The van der Waals surface area contributed by atoms with E-state index in [0.29, 0.717) is 13.0 Å². The Kier molecular flexibility index (Phi) is 4.17. The molecule has 1 aliphatic heterocycles. The largest absolute Gasteiger partial charge is 0.372 e. The van der Waals surface area contributed by atoms with Crippen LogP contribution in [0.1, 0.15) is 37.4 Å². The molecule has 1 aliphatic carbocycles. The van der Waals surface area contributed by atoms with Crippen LogP contribution in [0.4, 0.5) is 4.39 Å². The molecule has 0 aromatic heterocycles. The summed E-state index contributed by atoms with van der Waals surface area (Å²) in [6, 6.07) is 7.28. The van der Waals surface area contributed by atoms with E-state index in [-0.39, 0.29) is 22.6 Å². The molecule has 0 amide bonds. The first-order valence-electron chi connectivity index (χ1n) is 7.30. The third-order valence-electron chi connectivity index (χ3n) is 4.51. The number of nitrogens with one attached hydrogen (secondary N) is 1. The van der Waals surface area contributed by atoms with Crippen LogP contribution in [-0.4, -0.2) is 19.2 Å². The highest BCUT2D eigenvalue weighted by molar-refractivity contribution is 6.30. The van der Waals surface area contributed by atoms with Crippen molar-refractivity contribution in [2.24, 2.45) is 5.41 Å². The van der Waals surface area contributed by atoms with Crippen molar-refractivity contribution in [3.8, 4) is 6.07 Å². The zero-order chi connectivity index (χ0) is 14.9. The van der Waals surface area contributed by atoms with Gasteiger partial charge in [0.15, 0.2) is 0 Å². The summed E-state index contributed by atoms with van der Waals surface area (Å²) < 4.78 is 19.4. The van der Waals surface area contributed by atoms with Gasteiger partial charge in [0.05, 0.1) is 17.2 Å². The van der Waals surface area contributed by atoms with E-state index in [1.165, 1.54) is 6.07 Å². The van der Waals surface area contributed by atoms with Crippen molar-refractivity contribution in [3.63, 3.8) is 0 Å². The van der Waals surface area contributed by atoms with Crippen molar-refractivity contribution in [1.29, 1.82) is 5.26 Å². The van der Waals surface area contributed by atoms with Gasteiger partial charge in [-0.05, 0) is 42.4 Å². The van der Waals surface area contributed by atoms with E-state index in [9.17, 15) is 4.39 Å². The smallest absolute Gasteiger partial charge is 0.142 e. The molecular formula is C16H18ClFN2O. The van der Waals surface area contributed by atoms with Crippen LogP contribution >= 0.6 is 11.6 Å². The summed E-state index contributed by atoms with van der Waals surface area (Å²) in [5, 5.41) is 12.5. The van der Waals surface area contributed by atoms with Crippen molar-refractivity contribution in [3.05, 3.63) is 34.6 Å². The van der Waals surface area contributed by atoms with Gasteiger partial charge < -0.3 is 10.1 Å². The Bertz CT molecular complexity index is 568. The molecule has 0 bridgehead atoms. The minimum Gasteiger partial charge on any atom is -0.372 e. The molecule has 1 aromatic carbocycles. The first-order valence-corrected chi connectivity index (χ1v) is 7.68. The summed E-state index contributed by atoms with van der Waals surface area (Å²) in [5.41, 5.74) is 0.977. The molecule has 1 heterocycles. The van der Waals surface area contributed by atoms with Gasteiger partial charge in [0, 0.05) is 25.6 Å². The van der Waals surface area contributed by atoms with E-state index in [4.69, 9.17) is 21.6 Å². The molecule has 1 N–H and O–H groups in total. The second-order valence-corrected chi connectivity index (χ2v) is 6.48. The van der Waals surface area contributed by atoms with Gasteiger partial charge in [0.2, 0.25) is 0 Å². The molecule has 1 saturated carbocycles. The molecule has 1 aromatic rings. The van der Waals surface area contributed by atoms with Crippen LogP contribution in [0.3, 0.4) is 0 Å². The van der Waals surface area contributed by atoms with Crippen LogP contribution in [0.25, 0.3) is 0 Å². The van der Waals surface area contributed by atoms with E-state index in [0.717, 1.165) is 31.4 Å². The Morgan fingerprint density at radius 1 is 1.48 bits per heavy atom. The quantitative estimate of drug-likeness (QED) is 0.904. The lowest BCUT2D eigenvalue weighted by Gasteiger charge is -2.23. The number of halogens is 2. The third-order valence-corrected chi connectivity index (χ3v) is 4.82. The Hall–Kier alpha value is -1.15. The number of rotatable bonds is 5. The predicted octanol–water partition coefficient (Wildman–Crippen LogP) is 3.59. The predicted molar refractivity (Wildman–Crippen MR) is 78.4 cm³/mol. The lowest BCUT2D eigenvalue weighted by atomic mass is 9.99. The molecule has 0 spiro atoms. The van der Waals surface area contributed by atoms with Gasteiger partial charge >= 0.3 is 0 Å². The molecule has 0 radical (unpaired) electrons. The molecule has 2 atom stereocenters. The van der Waals surface area contributed by atoms with Crippen molar-refractivity contribution in [1.82, 2.24) is 5.32 Å². The fourth-order valence-corrected chi connectivity index (χ4v) is 3.04. The zero-order valence-electron chi connectivity index (χ0n) is 11.7. The fourth-order valence-electron chi connectivity index (χ4n) is 2.92. The minimum absolute atomic E-state index is 0.132. The summed E-state index contributed by atoms with van der Waals surface area (Å²) in [5.74, 6) is -0.411. The standard InChI is InChI=1S/C16H18ClFN2O/c17-12-2-1-11(9-13(12)18)15-14(3-8-21-15)20-10-16(4-5-16)6-7-19/h1-2,9,14-15,20H,3-6,8,10H2/t14-,15+/m1/s1. The highest BCUT2D eigenvalue weighted by atomic mass is 35.5. The summed E-state index contributed by atoms with van der Waals surface area (Å²) in [6.45, 7) is 1.50. The van der Waals surface area contributed by atoms with E-state index in [2.05, 4.69) is 11.4 Å². The minimum atomic E-state index is -0.411. The fraction of sp³-hybridized carbons (Fsp3) is 0.562. The molecule has 5 heteroatoms. The number of nitrogens with zero attached hydrogens (tertiary/aromatic N) is 1. The molecule has 2 aliphatic rings. The molecule has 21 heavy (non-hydrogen) atoms. The lowest BCUT2D eigenvalue weighted by Crippen LogP contribution is -2.36. The summed E-state index contributed by atoms with van der Waals surface area (Å²) in [7, 11) is 0. The average Bonchev–Trinajstić information content (AvgIpc) is 3.07. The molecule has 3 rings (SSSR count). The Balaban J connectivity index is 1.65. The average molecular weight is 309 g/mol. The maximum atomic E-state index is 13.6. The van der Waals surface area contributed by atoms with Crippen molar-refractivity contribution in [2.75, 3.05) is 13.2 Å². The van der Waals surface area contributed by atoms with Gasteiger partial charge in [-0.15, -0.1) is 0 Å². The SMILES string of the molecule is N#CCC1(CN[C@@H]2CCO[C@H]2c2ccc(Cl)c(F)c2)CC1. The van der Waals surface area contributed by atoms with Crippen molar-refractivity contribution < 1.29 is 9.13 Å². The molecule has 1 saturated heterocycles. The molecule has 2 fully saturated rings. The normalized spacial score (nSPS) is 26.5. The number of hydrogen-bond acceptors (Lipinski definition) is 3. The summed E-state index contributed by atoms with van der Waals surface area (Å²) in [6.07, 6.45) is 3.59. The topological polar surface area (TPSA) is 45.0 Å². The number of benzene rings is 1. The van der Waals surface area contributed by atoms with E-state index in [1.807, 2.05) is 6.07 Å². The van der Waals surface area contributed by atoms with E-state index >= 15 is 0 Å². The van der Waals surface area contributed by atoms with Crippen molar-refractivity contribution in [2.45, 2.75) is 37.8 Å². The van der Waals surface area contributed by atoms with E-state index in [1.54, 1.807) is 6.07 Å². The van der Waals surface area contributed by atoms with Crippen LogP contribution in [-0.2, 0) is 4.74 Å². The number of nitriles is 1. The van der Waals surface area contributed by atoms with Gasteiger partial charge in [-0.3, -0.25) is 0 Å². The number of ether oxygens (including phenoxy) is 1. The Morgan fingerprint density at radius 2 is 2.29 bits per heavy atom.